The van der Waals surface area contributed by atoms with E-state index in [4.69, 9.17) is 4.42 Å². The van der Waals surface area contributed by atoms with Crippen LogP contribution >= 0.6 is 23.1 Å². The van der Waals surface area contributed by atoms with Crippen LogP contribution in [0.15, 0.2) is 51.4 Å². The second-order valence-corrected chi connectivity index (χ2v) is 10.6. The Bertz CT molecular complexity index is 1160. The third kappa shape index (κ3) is 5.45. The van der Waals surface area contributed by atoms with Gasteiger partial charge in [0.25, 0.3) is 0 Å². The van der Waals surface area contributed by atoms with E-state index in [0.717, 1.165) is 55.8 Å². The number of anilines is 1. The molecule has 6 nitrogen and oxygen atoms in total. The van der Waals surface area contributed by atoms with Crippen LogP contribution in [0, 0.1) is 5.92 Å². The maximum atomic E-state index is 11.9. The quantitative estimate of drug-likeness (QED) is 0.322. The van der Waals surface area contributed by atoms with Gasteiger partial charge >= 0.3 is 0 Å². The van der Waals surface area contributed by atoms with Crippen molar-refractivity contribution in [3.8, 4) is 11.3 Å². The van der Waals surface area contributed by atoms with Gasteiger partial charge < -0.3 is 9.32 Å². The number of thiophene rings is 1. The molecule has 2 saturated heterocycles. The molecule has 170 valence electrons. The van der Waals surface area contributed by atoms with Crippen LogP contribution in [0.3, 0.4) is 0 Å². The molecule has 0 spiro atoms. The molecular formula is C25H25N3O3S2. The van der Waals surface area contributed by atoms with E-state index in [2.05, 4.69) is 26.3 Å². The minimum atomic E-state index is -0.120. The standard InChI is InChI=1S/C25H25N3O3S2/c29-21-15-24(30)33-23(21)14-19-6-9-26-25(27-19)28-10-7-17(8-11-28)3-1-4-20-13-18(16-32-20)22-5-2-12-31-22/h2,5-6,9,12-14,16-17H,1,3-4,7-8,10-11,15H2/b23-14-. The summed E-state index contributed by atoms with van der Waals surface area (Å²) in [6.45, 7) is 1.89. The molecule has 5 heterocycles. The molecule has 2 aliphatic heterocycles. The van der Waals surface area contributed by atoms with Crippen LogP contribution in [0.5, 0.6) is 0 Å². The number of hydrogen-bond acceptors (Lipinski definition) is 8. The minimum Gasteiger partial charge on any atom is -0.464 e. The first-order chi connectivity index (χ1) is 16.1. The van der Waals surface area contributed by atoms with Gasteiger partial charge in [0.1, 0.15) is 5.76 Å². The van der Waals surface area contributed by atoms with Gasteiger partial charge in [-0.3, -0.25) is 9.59 Å². The Balaban J connectivity index is 1.10. The van der Waals surface area contributed by atoms with Crippen molar-refractivity contribution >= 4 is 46.0 Å². The van der Waals surface area contributed by atoms with Gasteiger partial charge in [0.05, 0.1) is 23.3 Å². The van der Waals surface area contributed by atoms with Crippen LogP contribution in [0.25, 0.3) is 17.4 Å². The molecule has 0 amide bonds. The van der Waals surface area contributed by atoms with Gasteiger partial charge in [0, 0.05) is 35.1 Å². The van der Waals surface area contributed by atoms with Gasteiger partial charge in [-0.25, -0.2) is 9.97 Å². The third-order valence-corrected chi connectivity index (χ3v) is 8.07. The zero-order chi connectivity index (χ0) is 22.6. The molecule has 0 aromatic carbocycles. The Morgan fingerprint density at radius 2 is 2.09 bits per heavy atom. The first kappa shape index (κ1) is 22.1. The highest BCUT2D eigenvalue weighted by molar-refractivity contribution is 8.18. The fourth-order valence-electron chi connectivity index (χ4n) is 4.34. The maximum absolute atomic E-state index is 11.9. The Morgan fingerprint density at radius 3 is 2.85 bits per heavy atom. The molecule has 2 aliphatic rings. The molecule has 3 aromatic rings. The van der Waals surface area contributed by atoms with Crippen LogP contribution in [0.1, 0.15) is 42.7 Å². The highest BCUT2D eigenvalue weighted by atomic mass is 32.2. The molecular weight excluding hydrogens is 454 g/mol. The zero-order valence-electron chi connectivity index (χ0n) is 18.2. The number of piperidine rings is 1. The molecule has 0 N–H and O–H groups in total. The van der Waals surface area contributed by atoms with Crippen molar-refractivity contribution < 1.29 is 14.0 Å². The Labute approximate surface area is 201 Å². The van der Waals surface area contributed by atoms with Gasteiger partial charge in [0.2, 0.25) is 11.1 Å². The molecule has 33 heavy (non-hydrogen) atoms. The second kappa shape index (κ2) is 10.1. The number of aromatic nitrogens is 2. The summed E-state index contributed by atoms with van der Waals surface area (Å²) in [6, 6.07) is 7.96. The lowest BCUT2D eigenvalue weighted by Gasteiger charge is -2.32. The number of carbonyl (C=O) groups is 2. The minimum absolute atomic E-state index is 0.0143. The van der Waals surface area contributed by atoms with Crippen molar-refractivity contribution in [3.63, 3.8) is 0 Å². The lowest BCUT2D eigenvalue weighted by Crippen LogP contribution is -2.35. The van der Waals surface area contributed by atoms with Gasteiger partial charge in [-0.2, -0.15) is 0 Å². The Morgan fingerprint density at radius 1 is 1.21 bits per heavy atom. The van der Waals surface area contributed by atoms with Crippen molar-refractivity contribution in [1.29, 1.82) is 0 Å². The number of furan rings is 1. The number of carbonyl (C=O) groups excluding carboxylic acids is 2. The predicted octanol–water partition coefficient (Wildman–Crippen LogP) is 5.61. The number of rotatable bonds is 7. The SMILES string of the molecule is O=C1CC(=O)/C(=C/c2ccnc(N3CCC(CCCc4cc(-c5ccco5)cs4)CC3)n2)S1. The molecule has 2 fully saturated rings. The van der Waals surface area contributed by atoms with E-state index >= 15 is 0 Å². The molecule has 0 atom stereocenters. The topological polar surface area (TPSA) is 76.3 Å². The molecule has 0 saturated carbocycles. The largest absolute Gasteiger partial charge is 0.464 e. The summed E-state index contributed by atoms with van der Waals surface area (Å²) in [5.41, 5.74) is 1.85. The third-order valence-electron chi connectivity index (χ3n) is 6.14. The maximum Gasteiger partial charge on any atom is 0.225 e. The lowest BCUT2D eigenvalue weighted by atomic mass is 9.91. The van der Waals surface area contributed by atoms with Crippen molar-refractivity contribution in [3.05, 3.63) is 57.6 Å². The van der Waals surface area contributed by atoms with Crippen molar-refractivity contribution in [2.24, 2.45) is 5.92 Å². The molecule has 8 heteroatoms. The molecule has 0 bridgehead atoms. The van der Waals surface area contributed by atoms with E-state index in [-0.39, 0.29) is 17.3 Å². The van der Waals surface area contributed by atoms with Crippen molar-refractivity contribution in [2.45, 2.75) is 38.5 Å². The van der Waals surface area contributed by atoms with E-state index in [1.165, 1.54) is 23.3 Å². The molecule has 0 radical (unpaired) electrons. The Hall–Kier alpha value is -2.71. The van der Waals surface area contributed by atoms with Gasteiger partial charge in [-0.15, -0.1) is 11.3 Å². The second-order valence-electron chi connectivity index (χ2n) is 8.47. The number of thioether (sulfide) groups is 1. The lowest BCUT2D eigenvalue weighted by molar-refractivity contribution is -0.119. The molecule has 0 aliphatic carbocycles. The van der Waals surface area contributed by atoms with E-state index in [1.54, 1.807) is 24.6 Å². The highest BCUT2D eigenvalue weighted by Crippen LogP contribution is 2.31. The molecule has 0 unspecified atom stereocenters. The predicted molar refractivity (Wildman–Crippen MR) is 132 cm³/mol. The van der Waals surface area contributed by atoms with Crippen LogP contribution in [0.2, 0.25) is 0 Å². The summed E-state index contributed by atoms with van der Waals surface area (Å²) in [4.78, 5) is 36.5. The first-order valence-corrected chi connectivity index (χ1v) is 13.0. The average Bonchev–Trinajstić information content (AvgIpc) is 3.57. The molecule has 5 rings (SSSR count). The number of Topliss-reactive ketones (excluding diaryl/α,β-unsaturated/α-hetero) is 1. The monoisotopic (exact) mass is 479 g/mol. The summed E-state index contributed by atoms with van der Waals surface area (Å²) < 4.78 is 5.49. The van der Waals surface area contributed by atoms with Gasteiger partial charge in [0.15, 0.2) is 5.78 Å². The van der Waals surface area contributed by atoms with Crippen LogP contribution < -0.4 is 4.90 Å². The van der Waals surface area contributed by atoms with E-state index in [1.807, 2.05) is 23.5 Å². The van der Waals surface area contributed by atoms with Crippen molar-refractivity contribution in [2.75, 3.05) is 18.0 Å². The van der Waals surface area contributed by atoms with Crippen LogP contribution in [-0.2, 0) is 16.0 Å². The number of ketones is 1. The van der Waals surface area contributed by atoms with E-state index in [9.17, 15) is 9.59 Å². The first-order valence-electron chi connectivity index (χ1n) is 11.3. The summed E-state index contributed by atoms with van der Waals surface area (Å²) >= 11 is 2.83. The van der Waals surface area contributed by atoms with E-state index < -0.39 is 0 Å². The van der Waals surface area contributed by atoms with Gasteiger partial charge in [-0.1, -0.05) is 0 Å². The fraction of sp³-hybridized carbons (Fsp3) is 0.360. The summed E-state index contributed by atoms with van der Waals surface area (Å²) in [6.07, 6.45) is 11.0. The van der Waals surface area contributed by atoms with Crippen molar-refractivity contribution in [1.82, 2.24) is 9.97 Å². The smallest absolute Gasteiger partial charge is 0.225 e. The average molecular weight is 480 g/mol. The summed E-state index contributed by atoms with van der Waals surface area (Å²) in [7, 11) is 0. The highest BCUT2D eigenvalue weighted by Gasteiger charge is 2.26. The number of hydrogen-bond donors (Lipinski definition) is 0. The number of nitrogens with zero attached hydrogens (tertiary/aromatic N) is 3. The zero-order valence-corrected chi connectivity index (χ0v) is 19.9. The number of aryl methyl sites for hydroxylation is 1. The van der Waals surface area contributed by atoms with Gasteiger partial charge in [-0.05, 0) is 80.1 Å². The summed E-state index contributed by atoms with van der Waals surface area (Å²) in [5, 5.41) is 2.08. The fourth-order valence-corrected chi connectivity index (χ4v) is 6.08. The Kier molecular flexibility index (Phi) is 6.73. The summed E-state index contributed by atoms with van der Waals surface area (Å²) in [5.74, 6) is 2.25. The van der Waals surface area contributed by atoms with Crippen LogP contribution in [-0.4, -0.2) is 34.0 Å². The normalized spacial score (nSPS) is 18.5. The molecule has 3 aromatic heterocycles. The van der Waals surface area contributed by atoms with E-state index in [0.29, 0.717) is 16.5 Å². The van der Waals surface area contributed by atoms with Crippen LogP contribution in [0.4, 0.5) is 5.95 Å². The number of allylic oxidation sites excluding steroid dienone is 1.